The van der Waals surface area contributed by atoms with Crippen molar-refractivity contribution >= 4 is 40.7 Å². The number of hydrogen-bond donors (Lipinski definition) is 2. The van der Waals surface area contributed by atoms with Crippen LogP contribution in [0.3, 0.4) is 0 Å². The number of guanidine groups is 1. The first-order valence-corrected chi connectivity index (χ1v) is 8.85. The second-order valence-corrected chi connectivity index (χ2v) is 6.14. The van der Waals surface area contributed by atoms with Crippen molar-refractivity contribution in [1.29, 1.82) is 0 Å². The zero-order valence-electron chi connectivity index (χ0n) is 15.9. The van der Waals surface area contributed by atoms with Gasteiger partial charge in [-0.15, -0.1) is 24.0 Å². The molecule has 0 fully saturated rings. The number of para-hydroxylation sites is 1. The maximum Gasteiger partial charge on any atom is 0.191 e. The van der Waals surface area contributed by atoms with Gasteiger partial charge in [-0.25, -0.2) is 4.39 Å². The third-order valence-corrected chi connectivity index (χ3v) is 4.12. The fourth-order valence-electron chi connectivity index (χ4n) is 2.75. The second-order valence-electron chi connectivity index (χ2n) is 6.14. The molecule has 5 nitrogen and oxygen atoms in total. The van der Waals surface area contributed by atoms with Gasteiger partial charge in [-0.05, 0) is 30.5 Å². The summed E-state index contributed by atoms with van der Waals surface area (Å²) in [6.45, 7) is 2.90. The first kappa shape index (κ1) is 21.9. The molecule has 0 aliphatic carbocycles. The largest absolute Gasteiger partial charge is 0.486 e. The van der Waals surface area contributed by atoms with Gasteiger partial charge in [0.1, 0.15) is 6.10 Å². The van der Waals surface area contributed by atoms with Crippen molar-refractivity contribution in [3.05, 3.63) is 72.3 Å². The first-order valence-electron chi connectivity index (χ1n) is 8.85. The van der Waals surface area contributed by atoms with Crippen molar-refractivity contribution in [2.45, 2.75) is 19.6 Å². The van der Waals surface area contributed by atoms with E-state index >= 15 is 0 Å². The number of nitrogens with zero attached hydrogens (tertiary/aromatic N) is 2. The van der Waals surface area contributed by atoms with Gasteiger partial charge in [0.2, 0.25) is 0 Å². The molecule has 0 spiro atoms. The molecule has 1 unspecified atom stereocenters. The minimum absolute atomic E-state index is 0. The van der Waals surface area contributed by atoms with Gasteiger partial charge in [0, 0.05) is 18.6 Å². The van der Waals surface area contributed by atoms with E-state index in [2.05, 4.69) is 32.7 Å². The maximum atomic E-state index is 13.7. The monoisotopic (exact) mass is 494 g/mol. The van der Waals surface area contributed by atoms with Crippen molar-refractivity contribution in [1.82, 2.24) is 15.6 Å². The van der Waals surface area contributed by atoms with Crippen LogP contribution in [0, 0.1) is 5.82 Å². The van der Waals surface area contributed by atoms with Crippen molar-refractivity contribution < 1.29 is 9.13 Å². The zero-order valence-corrected chi connectivity index (χ0v) is 18.2. The van der Waals surface area contributed by atoms with Crippen LogP contribution in [0.4, 0.5) is 4.39 Å². The van der Waals surface area contributed by atoms with Gasteiger partial charge in [0.05, 0.1) is 18.8 Å². The molecular formula is C21H24FIN4O. The van der Waals surface area contributed by atoms with Crippen LogP contribution in [0.2, 0.25) is 0 Å². The van der Waals surface area contributed by atoms with Crippen molar-refractivity contribution in [2.75, 3.05) is 13.6 Å². The number of aliphatic imine (C=N–C) groups is 1. The predicted molar refractivity (Wildman–Crippen MR) is 122 cm³/mol. The van der Waals surface area contributed by atoms with Gasteiger partial charge < -0.3 is 15.4 Å². The SMILES string of the molecule is CN=C(NCc1nccc2ccccc12)NCC(C)Oc1ccccc1F.I. The Bertz CT molecular complexity index is 930. The molecule has 2 N–H and O–H groups in total. The van der Waals surface area contributed by atoms with Crippen LogP contribution in [0.25, 0.3) is 10.8 Å². The minimum Gasteiger partial charge on any atom is -0.486 e. The average Bonchev–Trinajstić information content (AvgIpc) is 2.70. The Kier molecular flexibility index (Phi) is 8.43. The molecular weight excluding hydrogens is 470 g/mol. The number of pyridine rings is 1. The van der Waals surface area contributed by atoms with E-state index < -0.39 is 0 Å². The highest BCUT2D eigenvalue weighted by atomic mass is 127. The number of aromatic nitrogens is 1. The molecule has 2 aromatic carbocycles. The lowest BCUT2D eigenvalue weighted by Gasteiger charge is -2.18. The smallest absolute Gasteiger partial charge is 0.191 e. The summed E-state index contributed by atoms with van der Waals surface area (Å²) in [7, 11) is 1.70. The zero-order chi connectivity index (χ0) is 19.1. The Hall–Kier alpha value is -2.42. The lowest BCUT2D eigenvalue weighted by Crippen LogP contribution is -2.41. The number of nitrogens with one attached hydrogen (secondary N) is 2. The topological polar surface area (TPSA) is 58.5 Å². The van der Waals surface area contributed by atoms with Crippen LogP contribution in [0.5, 0.6) is 5.75 Å². The van der Waals surface area contributed by atoms with Gasteiger partial charge in [-0.3, -0.25) is 9.98 Å². The third kappa shape index (κ3) is 5.79. The molecule has 0 saturated carbocycles. The maximum absolute atomic E-state index is 13.7. The standard InChI is InChI=1S/C21H23FN4O.HI/c1-15(27-20-10-6-5-9-18(20)22)13-25-21(23-2)26-14-19-17-8-4-3-7-16(17)11-12-24-19;/h3-12,15H,13-14H2,1-2H3,(H2,23,25,26);1H. The minimum atomic E-state index is -0.367. The Morgan fingerprint density at radius 1 is 1.11 bits per heavy atom. The van der Waals surface area contributed by atoms with Crippen molar-refractivity contribution in [3.63, 3.8) is 0 Å². The van der Waals surface area contributed by atoms with E-state index in [1.807, 2.05) is 25.1 Å². The number of fused-ring (bicyclic) bond motifs is 1. The van der Waals surface area contributed by atoms with Crippen molar-refractivity contribution in [2.24, 2.45) is 4.99 Å². The van der Waals surface area contributed by atoms with Crippen LogP contribution < -0.4 is 15.4 Å². The van der Waals surface area contributed by atoms with E-state index in [4.69, 9.17) is 4.74 Å². The lowest BCUT2D eigenvalue weighted by molar-refractivity contribution is 0.214. The molecule has 7 heteroatoms. The highest BCUT2D eigenvalue weighted by Gasteiger charge is 2.09. The van der Waals surface area contributed by atoms with E-state index in [9.17, 15) is 4.39 Å². The van der Waals surface area contributed by atoms with E-state index in [1.165, 1.54) is 6.07 Å². The predicted octanol–water partition coefficient (Wildman–Crippen LogP) is 4.12. The summed E-state index contributed by atoms with van der Waals surface area (Å²) in [6.07, 6.45) is 1.58. The lowest BCUT2D eigenvalue weighted by atomic mass is 10.1. The fraction of sp³-hybridized carbons (Fsp3) is 0.238. The summed E-state index contributed by atoms with van der Waals surface area (Å²) in [5.74, 6) is 0.511. The molecule has 1 heterocycles. The Morgan fingerprint density at radius 3 is 2.64 bits per heavy atom. The highest BCUT2D eigenvalue weighted by molar-refractivity contribution is 14.0. The van der Waals surface area contributed by atoms with E-state index in [-0.39, 0.29) is 41.6 Å². The molecule has 0 aliphatic heterocycles. The molecule has 0 radical (unpaired) electrons. The Labute approximate surface area is 181 Å². The second kappa shape index (κ2) is 10.8. The molecule has 0 bridgehead atoms. The molecule has 148 valence electrons. The van der Waals surface area contributed by atoms with Crippen LogP contribution in [-0.2, 0) is 6.54 Å². The molecule has 1 aromatic heterocycles. The molecule has 3 rings (SSSR count). The van der Waals surface area contributed by atoms with Gasteiger partial charge in [0.15, 0.2) is 17.5 Å². The van der Waals surface area contributed by atoms with Gasteiger partial charge >= 0.3 is 0 Å². The quantitative estimate of drug-likeness (QED) is 0.308. The summed E-state index contributed by atoms with van der Waals surface area (Å²) in [5, 5.41) is 8.71. The number of rotatable bonds is 6. The highest BCUT2D eigenvalue weighted by Crippen LogP contribution is 2.17. The van der Waals surface area contributed by atoms with E-state index in [0.717, 1.165) is 16.5 Å². The van der Waals surface area contributed by atoms with E-state index in [0.29, 0.717) is 19.0 Å². The number of halogens is 2. The van der Waals surface area contributed by atoms with Gasteiger partial charge in [-0.1, -0.05) is 36.4 Å². The Morgan fingerprint density at radius 2 is 1.86 bits per heavy atom. The summed E-state index contributed by atoms with van der Waals surface area (Å²) < 4.78 is 19.3. The summed E-state index contributed by atoms with van der Waals surface area (Å²) in [6, 6.07) is 16.5. The first-order chi connectivity index (χ1) is 13.2. The number of benzene rings is 2. The summed E-state index contributed by atoms with van der Waals surface area (Å²) >= 11 is 0. The van der Waals surface area contributed by atoms with Crippen LogP contribution in [0.15, 0.2) is 65.8 Å². The normalized spacial score (nSPS) is 12.2. The van der Waals surface area contributed by atoms with Crippen LogP contribution >= 0.6 is 24.0 Å². The summed E-state index contributed by atoms with van der Waals surface area (Å²) in [5.41, 5.74) is 0.951. The fourth-order valence-corrected chi connectivity index (χ4v) is 2.75. The van der Waals surface area contributed by atoms with Crippen LogP contribution in [0.1, 0.15) is 12.6 Å². The molecule has 1 atom stereocenters. The Balaban J connectivity index is 0.00000280. The van der Waals surface area contributed by atoms with Crippen molar-refractivity contribution in [3.8, 4) is 5.75 Å². The summed E-state index contributed by atoms with van der Waals surface area (Å²) in [4.78, 5) is 8.68. The van der Waals surface area contributed by atoms with Gasteiger partial charge in [0.25, 0.3) is 0 Å². The molecule has 0 saturated heterocycles. The molecule has 0 aliphatic rings. The molecule has 0 amide bonds. The number of ether oxygens (including phenoxy) is 1. The van der Waals surface area contributed by atoms with Crippen LogP contribution in [-0.4, -0.2) is 30.6 Å². The number of hydrogen-bond acceptors (Lipinski definition) is 3. The third-order valence-electron chi connectivity index (χ3n) is 4.12. The molecule has 28 heavy (non-hydrogen) atoms. The molecule has 3 aromatic rings. The average molecular weight is 494 g/mol. The van der Waals surface area contributed by atoms with Gasteiger partial charge in [-0.2, -0.15) is 0 Å². The van der Waals surface area contributed by atoms with E-state index in [1.54, 1.807) is 31.4 Å².